The first-order chi connectivity index (χ1) is 18.2. The van der Waals surface area contributed by atoms with Gasteiger partial charge in [-0.05, 0) is 37.1 Å². The molecule has 0 bridgehead atoms. The van der Waals surface area contributed by atoms with Crippen molar-refractivity contribution in [1.29, 1.82) is 0 Å². The Morgan fingerprint density at radius 3 is 1.66 bits per heavy atom. The van der Waals surface area contributed by atoms with Gasteiger partial charge in [-0.15, -0.1) is 0 Å². The van der Waals surface area contributed by atoms with E-state index in [0.717, 1.165) is 5.56 Å². The highest BCUT2D eigenvalue weighted by Crippen LogP contribution is 2.31. The monoisotopic (exact) mass is 530 g/mol. The number of carbonyl (C=O) groups is 2. The molecule has 2 N–H and O–H groups in total. The molecule has 2 aromatic carbocycles. The number of rotatable bonds is 5. The van der Waals surface area contributed by atoms with Gasteiger partial charge in [0, 0.05) is 49.4 Å². The molecular formula is C26H34N4O8. The highest BCUT2D eigenvalue weighted by atomic mass is 16.6. The first-order valence-electron chi connectivity index (χ1n) is 12.2. The first kappa shape index (κ1) is 28.7. The molecule has 2 aromatic rings. The molecule has 206 valence electrons. The molecule has 2 amide bonds. The average Bonchev–Trinajstić information content (AvgIpc) is 2.93. The lowest BCUT2D eigenvalue weighted by Gasteiger charge is -2.27. The molecule has 0 saturated carbocycles. The molecule has 4 rings (SSSR count). The fraction of sp³-hybridized carbons (Fsp3) is 0.462. The fourth-order valence-electron chi connectivity index (χ4n) is 4.20. The molecule has 0 radical (unpaired) electrons. The molecule has 0 aliphatic carbocycles. The Bertz CT molecular complexity index is 1170. The maximum Gasteiger partial charge on any atom is 0.311 e. The third kappa shape index (κ3) is 6.69. The number of aryl methyl sites for hydroxylation is 2. The Balaban J connectivity index is 0.000000212. The van der Waals surface area contributed by atoms with E-state index in [-0.39, 0.29) is 23.3 Å². The standard InChI is InChI=1S/C13H16N2O5.C13H18N2O3/c1-9-7-11(15(17)18)12(19-2)8-10(9)13(16)14-3-5-20-6-4-14;1-9-7-11(14)12(17-2)8-10(9)13(16)15-3-5-18-6-4-15/h7-8H,3-6H2,1-2H3;7-8H,3-6,14H2,1-2H3. The summed E-state index contributed by atoms with van der Waals surface area (Å²) in [5, 5.41) is 10.9. The van der Waals surface area contributed by atoms with Crippen molar-refractivity contribution in [3.8, 4) is 11.5 Å². The van der Waals surface area contributed by atoms with Crippen molar-refractivity contribution in [2.24, 2.45) is 0 Å². The number of carbonyl (C=O) groups excluding carboxylic acids is 2. The Morgan fingerprint density at radius 2 is 1.24 bits per heavy atom. The molecule has 0 atom stereocenters. The van der Waals surface area contributed by atoms with Gasteiger partial charge >= 0.3 is 5.69 Å². The highest BCUT2D eigenvalue weighted by Gasteiger charge is 2.25. The van der Waals surface area contributed by atoms with Crippen molar-refractivity contribution >= 4 is 23.2 Å². The summed E-state index contributed by atoms with van der Waals surface area (Å²) in [6.45, 7) is 8.08. The minimum absolute atomic E-state index is 0.00843. The Morgan fingerprint density at radius 1 is 0.816 bits per heavy atom. The van der Waals surface area contributed by atoms with Crippen molar-refractivity contribution < 1.29 is 33.5 Å². The molecule has 2 aliphatic heterocycles. The zero-order chi connectivity index (χ0) is 27.8. The molecule has 12 heteroatoms. The molecular weight excluding hydrogens is 496 g/mol. The number of methoxy groups -OCH3 is 2. The number of anilines is 1. The predicted molar refractivity (Wildman–Crippen MR) is 140 cm³/mol. The van der Waals surface area contributed by atoms with Crippen LogP contribution in [0.1, 0.15) is 31.8 Å². The average molecular weight is 531 g/mol. The van der Waals surface area contributed by atoms with E-state index >= 15 is 0 Å². The molecule has 12 nitrogen and oxygen atoms in total. The number of benzene rings is 2. The molecule has 2 heterocycles. The van der Waals surface area contributed by atoms with Crippen LogP contribution in [-0.2, 0) is 9.47 Å². The van der Waals surface area contributed by atoms with Gasteiger partial charge in [0.1, 0.15) is 5.75 Å². The summed E-state index contributed by atoms with van der Waals surface area (Å²) in [6, 6.07) is 6.28. The normalized spacial score (nSPS) is 15.3. The van der Waals surface area contributed by atoms with E-state index in [4.69, 9.17) is 24.7 Å². The largest absolute Gasteiger partial charge is 0.495 e. The number of hydrogen-bond acceptors (Lipinski definition) is 9. The minimum atomic E-state index is -0.519. The van der Waals surface area contributed by atoms with E-state index < -0.39 is 4.92 Å². The summed E-state index contributed by atoms with van der Waals surface area (Å²) >= 11 is 0. The number of nitrogen functional groups attached to an aromatic ring is 1. The van der Waals surface area contributed by atoms with Gasteiger partial charge in [-0.25, -0.2) is 0 Å². The zero-order valence-electron chi connectivity index (χ0n) is 22.2. The second-order valence-corrected chi connectivity index (χ2v) is 8.81. The van der Waals surface area contributed by atoms with Gasteiger partial charge in [0.05, 0.1) is 51.3 Å². The Kier molecular flexibility index (Phi) is 9.85. The molecule has 2 aliphatic rings. The second-order valence-electron chi connectivity index (χ2n) is 8.81. The number of nitrogens with two attached hydrogens (primary N) is 1. The number of nitro groups is 1. The number of nitro benzene ring substituents is 1. The lowest BCUT2D eigenvalue weighted by Crippen LogP contribution is -2.40. The number of amides is 2. The summed E-state index contributed by atoms with van der Waals surface area (Å²) in [5.41, 5.74) is 8.72. The van der Waals surface area contributed by atoms with Crippen LogP contribution in [0.15, 0.2) is 24.3 Å². The van der Waals surface area contributed by atoms with Gasteiger partial charge in [-0.3, -0.25) is 19.7 Å². The Labute approximate surface area is 221 Å². The maximum absolute atomic E-state index is 12.4. The van der Waals surface area contributed by atoms with E-state index in [1.165, 1.54) is 19.2 Å². The molecule has 0 aromatic heterocycles. The lowest BCUT2D eigenvalue weighted by atomic mass is 10.1. The van der Waals surface area contributed by atoms with Crippen molar-refractivity contribution in [3.05, 3.63) is 56.6 Å². The summed E-state index contributed by atoms with van der Waals surface area (Å²) in [7, 11) is 2.89. The van der Waals surface area contributed by atoms with E-state index in [2.05, 4.69) is 0 Å². The number of nitrogens with zero attached hydrogens (tertiary/aromatic N) is 3. The summed E-state index contributed by atoms with van der Waals surface area (Å²) < 4.78 is 20.6. The smallest absolute Gasteiger partial charge is 0.311 e. The minimum Gasteiger partial charge on any atom is -0.495 e. The highest BCUT2D eigenvalue weighted by molar-refractivity contribution is 5.97. The van der Waals surface area contributed by atoms with Crippen molar-refractivity contribution in [2.75, 3.05) is 72.6 Å². The zero-order valence-corrected chi connectivity index (χ0v) is 22.2. The molecule has 2 fully saturated rings. The maximum atomic E-state index is 12.4. The van der Waals surface area contributed by atoms with Crippen LogP contribution in [0.5, 0.6) is 11.5 Å². The van der Waals surface area contributed by atoms with Crippen LogP contribution in [0, 0.1) is 24.0 Å². The molecule has 38 heavy (non-hydrogen) atoms. The second kappa shape index (κ2) is 13.1. The quantitative estimate of drug-likeness (QED) is 0.350. The molecule has 2 saturated heterocycles. The summed E-state index contributed by atoms with van der Waals surface area (Å²) in [6.07, 6.45) is 0. The fourth-order valence-corrected chi connectivity index (χ4v) is 4.20. The lowest BCUT2D eigenvalue weighted by molar-refractivity contribution is -0.385. The third-order valence-corrected chi connectivity index (χ3v) is 6.36. The third-order valence-electron chi connectivity index (χ3n) is 6.36. The SMILES string of the molecule is COc1cc(C(=O)N2CCOCC2)c(C)cc1N.COc1cc(C(=O)N2CCOCC2)c(C)cc1[N+](=O)[O-]. The van der Waals surface area contributed by atoms with E-state index in [1.54, 1.807) is 36.0 Å². The van der Waals surface area contributed by atoms with Gasteiger partial charge in [0.2, 0.25) is 0 Å². The van der Waals surface area contributed by atoms with E-state index in [0.29, 0.717) is 80.7 Å². The molecule has 0 unspecified atom stereocenters. The van der Waals surface area contributed by atoms with Gasteiger partial charge in [0.15, 0.2) is 5.75 Å². The van der Waals surface area contributed by atoms with Crippen LogP contribution < -0.4 is 15.2 Å². The van der Waals surface area contributed by atoms with Crippen LogP contribution in [0.3, 0.4) is 0 Å². The molecule has 0 spiro atoms. The topological polar surface area (TPSA) is 147 Å². The summed E-state index contributed by atoms with van der Waals surface area (Å²) in [4.78, 5) is 38.7. The van der Waals surface area contributed by atoms with E-state index in [9.17, 15) is 19.7 Å². The number of hydrogen-bond donors (Lipinski definition) is 1. The van der Waals surface area contributed by atoms with Crippen LogP contribution in [-0.4, -0.2) is 93.4 Å². The van der Waals surface area contributed by atoms with Crippen LogP contribution in [0.4, 0.5) is 11.4 Å². The van der Waals surface area contributed by atoms with Crippen LogP contribution in [0.2, 0.25) is 0 Å². The van der Waals surface area contributed by atoms with Gasteiger partial charge in [-0.1, -0.05) is 0 Å². The van der Waals surface area contributed by atoms with Gasteiger partial charge in [0.25, 0.3) is 11.8 Å². The first-order valence-corrected chi connectivity index (χ1v) is 12.2. The van der Waals surface area contributed by atoms with Crippen LogP contribution >= 0.6 is 0 Å². The van der Waals surface area contributed by atoms with Crippen molar-refractivity contribution in [3.63, 3.8) is 0 Å². The number of ether oxygens (including phenoxy) is 4. The van der Waals surface area contributed by atoms with Gasteiger partial charge in [-0.2, -0.15) is 0 Å². The summed E-state index contributed by atoms with van der Waals surface area (Å²) in [5.74, 6) is 0.488. The van der Waals surface area contributed by atoms with Crippen LogP contribution in [0.25, 0.3) is 0 Å². The van der Waals surface area contributed by atoms with Crippen molar-refractivity contribution in [1.82, 2.24) is 9.80 Å². The van der Waals surface area contributed by atoms with Gasteiger partial charge < -0.3 is 34.5 Å². The van der Waals surface area contributed by atoms with Crippen molar-refractivity contribution in [2.45, 2.75) is 13.8 Å². The number of morpholine rings is 2. The van der Waals surface area contributed by atoms with E-state index in [1.807, 2.05) is 6.92 Å². The predicted octanol–water partition coefficient (Wildman–Crippen LogP) is 2.44. The Hall–Kier alpha value is -3.90.